The maximum Gasteiger partial charge on any atom is 0.213 e. The van der Waals surface area contributed by atoms with Gasteiger partial charge in [0.15, 0.2) is 0 Å². The van der Waals surface area contributed by atoms with E-state index < -0.39 is 0 Å². The molecule has 1 aromatic heterocycles. The van der Waals surface area contributed by atoms with Crippen LogP contribution in [0.1, 0.15) is 16.7 Å². The quantitative estimate of drug-likeness (QED) is 0.880. The number of hydrogen-bond acceptors (Lipinski definition) is 5. The topological polar surface area (TPSA) is 67.2 Å². The number of nitrogens with zero attached hydrogens (tertiary/aromatic N) is 2. The van der Waals surface area contributed by atoms with E-state index in [2.05, 4.69) is 16.4 Å². The SMILES string of the molecule is COc1cc(CNCc2ccc(C#N)c(OC)c2)ccn1. The maximum atomic E-state index is 8.95. The van der Waals surface area contributed by atoms with Gasteiger partial charge in [-0.25, -0.2) is 4.98 Å². The maximum absolute atomic E-state index is 8.95. The summed E-state index contributed by atoms with van der Waals surface area (Å²) in [5, 5.41) is 12.3. The van der Waals surface area contributed by atoms with Crippen molar-refractivity contribution in [3.05, 3.63) is 53.2 Å². The normalized spacial score (nSPS) is 9.95. The Kier molecular flexibility index (Phi) is 5.13. The minimum atomic E-state index is 0.542. The van der Waals surface area contributed by atoms with Crippen LogP contribution in [-0.4, -0.2) is 19.2 Å². The lowest BCUT2D eigenvalue weighted by Gasteiger charge is -2.08. The summed E-state index contributed by atoms with van der Waals surface area (Å²) < 4.78 is 10.3. The standard InChI is InChI=1S/C16H17N3O2/c1-20-15-7-12(3-4-14(15)9-17)10-18-11-13-5-6-19-16(8-13)21-2/h3-8,18H,10-11H2,1-2H3. The minimum Gasteiger partial charge on any atom is -0.495 e. The number of methoxy groups -OCH3 is 2. The third-order valence-corrected chi connectivity index (χ3v) is 3.05. The molecule has 108 valence electrons. The molecule has 0 aliphatic rings. The monoisotopic (exact) mass is 283 g/mol. The Hall–Kier alpha value is -2.58. The van der Waals surface area contributed by atoms with Gasteiger partial charge in [0.25, 0.3) is 0 Å². The Bertz CT molecular complexity index is 650. The molecule has 2 rings (SSSR count). The molecule has 2 aromatic rings. The number of benzene rings is 1. The van der Waals surface area contributed by atoms with Gasteiger partial charge in [-0.2, -0.15) is 5.26 Å². The van der Waals surface area contributed by atoms with Gasteiger partial charge in [0.2, 0.25) is 5.88 Å². The summed E-state index contributed by atoms with van der Waals surface area (Å²) in [5.74, 6) is 1.21. The van der Waals surface area contributed by atoms with E-state index in [4.69, 9.17) is 14.7 Å². The molecule has 0 amide bonds. The Morgan fingerprint density at radius 3 is 2.52 bits per heavy atom. The molecule has 0 radical (unpaired) electrons. The predicted molar refractivity (Wildman–Crippen MR) is 79.0 cm³/mol. The molecule has 5 heteroatoms. The van der Waals surface area contributed by atoms with E-state index in [1.165, 1.54) is 0 Å². The van der Waals surface area contributed by atoms with Crippen LogP contribution in [-0.2, 0) is 13.1 Å². The molecule has 0 aliphatic heterocycles. The average Bonchev–Trinajstić information content (AvgIpc) is 2.55. The number of aromatic nitrogens is 1. The third kappa shape index (κ3) is 3.94. The zero-order valence-electron chi connectivity index (χ0n) is 12.1. The van der Waals surface area contributed by atoms with Crippen molar-refractivity contribution in [2.24, 2.45) is 0 Å². The number of rotatable bonds is 6. The smallest absolute Gasteiger partial charge is 0.213 e. The summed E-state index contributed by atoms with van der Waals surface area (Å²) >= 11 is 0. The van der Waals surface area contributed by atoms with Crippen molar-refractivity contribution in [3.8, 4) is 17.7 Å². The predicted octanol–water partition coefficient (Wildman–Crippen LogP) is 2.26. The summed E-state index contributed by atoms with van der Waals surface area (Å²) in [4.78, 5) is 4.07. The Balaban J connectivity index is 1.95. The molecule has 5 nitrogen and oxygen atoms in total. The second-order valence-corrected chi connectivity index (χ2v) is 4.46. The molecule has 0 saturated carbocycles. The molecule has 1 aromatic carbocycles. The van der Waals surface area contributed by atoms with Crippen molar-refractivity contribution >= 4 is 0 Å². The number of ether oxygens (including phenoxy) is 2. The highest BCUT2D eigenvalue weighted by Crippen LogP contribution is 2.19. The molecule has 0 atom stereocenters. The van der Waals surface area contributed by atoms with Crippen molar-refractivity contribution in [1.82, 2.24) is 10.3 Å². The lowest BCUT2D eigenvalue weighted by molar-refractivity contribution is 0.397. The average molecular weight is 283 g/mol. The van der Waals surface area contributed by atoms with Gasteiger partial charge < -0.3 is 14.8 Å². The molecule has 0 unspecified atom stereocenters. The van der Waals surface area contributed by atoms with Gasteiger partial charge in [0.05, 0.1) is 19.8 Å². The van der Waals surface area contributed by atoms with E-state index in [1.807, 2.05) is 24.3 Å². The van der Waals surface area contributed by atoms with E-state index >= 15 is 0 Å². The summed E-state index contributed by atoms with van der Waals surface area (Å²) in [6.45, 7) is 1.40. The van der Waals surface area contributed by atoms with Crippen LogP contribution in [0.3, 0.4) is 0 Å². The van der Waals surface area contributed by atoms with E-state index in [-0.39, 0.29) is 0 Å². The van der Waals surface area contributed by atoms with Gasteiger partial charge in [0, 0.05) is 25.4 Å². The van der Waals surface area contributed by atoms with Gasteiger partial charge in [0.1, 0.15) is 11.8 Å². The van der Waals surface area contributed by atoms with E-state index in [9.17, 15) is 0 Å². The molecular formula is C16H17N3O2. The number of nitrogens with one attached hydrogen (secondary N) is 1. The van der Waals surface area contributed by atoms with Crippen molar-refractivity contribution < 1.29 is 9.47 Å². The summed E-state index contributed by atoms with van der Waals surface area (Å²) in [6.07, 6.45) is 1.72. The zero-order chi connectivity index (χ0) is 15.1. The lowest BCUT2D eigenvalue weighted by Crippen LogP contribution is -2.13. The molecule has 0 spiro atoms. The first-order valence-corrected chi connectivity index (χ1v) is 6.53. The van der Waals surface area contributed by atoms with Gasteiger partial charge in [-0.1, -0.05) is 6.07 Å². The Morgan fingerprint density at radius 1 is 1.10 bits per heavy atom. The first-order chi connectivity index (χ1) is 10.3. The highest BCUT2D eigenvalue weighted by Gasteiger charge is 2.03. The molecule has 0 saturated heterocycles. The van der Waals surface area contributed by atoms with E-state index in [0.29, 0.717) is 30.3 Å². The third-order valence-electron chi connectivity index (χ3n) is 3.05. The van der Waals surface area contributed by atoms with Crippen LogP contribution in [0, 0.1) is 11.3 Å². The number of pyridine rings is 1. The lowest BCUT2D eigenvalue weighted by atomic mass is 10.1. The van der Waals surface area contributed by atoms with Gasteiger partial charge in [-0.3, -0.25) is 0 Å². The summed E-state index contributed by atoms with van der Waals surface area (Å²) in [6, 6.07) is 11.5. The van der Waals surface area contributed by atoms with Gasteiger partial charge in [-0.15, -0.1) is 0 Å². The van der Waals surface area contributed by atoms with E-state index in [1.54, 1.807) is 26.5 Å². The number of hydrogen-bond donors (Lipinski definition) is 1. The summed E-state index contributed by atoms with van der Waals surface area (Å²) in [7, 11) is 3.17. The zero-order valence-corrected chi connectivity index (χ0v) is 12.1. The van der Waals surface area contributed by atoms with Gasteiger partial charge in [-0.05, 0) is 29.3 Å². The fourth-order valence-electron chi connectivity index (χ4n) is 1.96. The van der Waals surface area contributed by atoms with Crippen LogP contribution < -0.4 is 14.8 Å². The Morgan fingerprint density at radius 2 is 1.86 bits per heavy atom. The fraction of sp³-hybridized carbons (Fsp3) is 0.250. The van der Waals surface area contributed by atoms with Crippen LogP contribution in [0.25, 0.3) is 0 Å². The second kappa shape index (κ2) is 7.27. The molecule has 0 aliphatic carbocycles. The molecule has 1 N–H and O–H groups in total. The highest BCUT2D eigenvalue weighted by atomic mass is 16.5. The first-order valence-electron chi connectivity index (χ1n) is 6.53. The van der Waals surface area contributed by atoms with E-state index in [0.717, 1.165) is 11.1 Å². The molecule has 0 fully saturated rings. The highest BCUT2D eigenvalue weighted by molar-refractivity contribution is 5.45. The van der Waals surface area contributed by atoms with Crippen molar-refractivity contribution in [1.29, 1.82) is 5.26 Å². The van der Waals surface area contributed by atoms with Crippen molar-refractivity contribution in [2.75, 3.05) is 14.2 Å². The molecule has 1 heterocycles. The molecular weight excluding hydrogens is 266 g/mol. The van der Waals surface area contributed by atoms with Crippen LogP contribution in [0.2, 0.25) is 0 Å². The van der Waals surface area contributed by atoms with Crippen LogP contribution in [0.15, 0.2) is 36.5 Å². The fourth-order valence-corrected chi connectivity index (χ4v) is 1.96. The van der Waals surface area contributed by atoms with Crippen molar-refractivity contribution in [3.63, 3.8) is 0 Å². The van der Waals surface area contributed by atoms with Crippen molar-refractivity contribution in [2.45, 2.75) is 13.1 Å². The summed E-state index contributed by atoms with van der Waals surface area (Å²) in [5.41, 5.74) is 2.70. The largest absolute Gasteiger partial charge is 0.495 e. The first kappa shape index (κ1) is 14.8. The second-order valence-electron chi connectivity index (χ2n) is 4.46. The van der Waals surface area contributed by atoms with Crippen LogP contribution in [0.5, 0.6) is 11.6 Å². The Labute approximate surface area is 124 Å². The number of nitriles is 1. The van der Waals surface area contributed by atoms with Gasteiger partial charge >= 0.3 is 0 Å². The van der Waals surface area contributed by atoms with Crippen LogP contribution in [0.4, 0.5) is 0 Å². The van der Waals surface area contributed by atoms with Crippen LogP contribution >= 0.6 is 0 Å². The minimum absolute atomic E-state index is 0.542. The molecule has 0 bridgehead atoms. The molecule has 21 heavy (non-hydrogen) atoms.